The number of fused-ring (bicyclic) bond motifs is 1. The van der Waals surface area contributed by atoms with Gasteiger partial charge in [0, 0.05) is 6.04 Å². The molecule has 0 saturated carbocycles. The molecule has 0 amide bonds. The maximum Gasteiger partial charge on any atom is 0.137 e. The number of likely N-dealkylation sites (tertiary alicyclic amines) is 1. The summed E-state index contributed by atoms with van der Waals surface area (Å²) in [5, 5.41) is 5.43. The average Bonchev–Trinajstić information content (AvgIpc) is 3.21. The molecule has 0 aliphatic carbocycles. The second-order valence-electron chi connectivity index (χ2n) is 5.46. The van der Waals surface area contributed by atoms with Crippen LogP contribution in [0.5, 0.6) is 0 Å². The summed E-state index contributed by atoms with van der Waals surface area (Å²) < 4.78 is 3.21. The molecule has 2 aromatic heterocycles. The van der Waals surface area contributed by atoms with E-state index in [9.17, 15) is 0 Å². The van der Waals surface area contributed by atoms with Gasteiger partial charge in [0.25, 0.3) is 0 Å². The van der Waals surface area contributed by atoms with Crippen LogP contribution in [-0.4, -0.2) is 37.2 Å². The highest BCUT2D eigenvalue weighted by Crippen LogP contribution is 2.26. The van der Waals surface area contributed by atoms with Gasteiger partial charge in [-0.3, -0.25) is 9.58 Å². The normalized spacial score (nSPS) is 19.5. The van der Waals surface area contributed by atoms with E-state index in [1.807, 2.05) is 4.68 Å². The summed E-state index contributed by atoms with van der Waals surface area (Å²) in [4.78, 5) is 11.3. The molecule has 1 aliphatic rings. The molecule has 3 aromatic rings. The lowest BCUT2D eigenvalue weighted by Crippen LogP contribution is -2.32. The number of rotatable bonds is 4. The van der Waals surface area contributed by atoms with E-state index in [1.54, 1.807) is 24.0 Å². The lowest BCUT2D eigenvalue weighted by molar-refractivity contribution is 0.219. The molecule has 0 bridgehead atoms. The number of nitrogens with zero attached hydrogens (tertiary/aromatic N) is 5. The zero-order chi connectivity index (χ0) is 14.1. The summed E-state index contributed by atoms with van der Waals surface area (Å²) >= 11 is 1.81. The summed E-state index contributed by atoms with van der Waals surface area (Å²) in [5.41, 5.74) is 1.12. The molecule has 0 spiro atoms. The molecular weight excluding hydrogens is 282 g/mol. The van der Waals surface area contributed by atoms with Crippen molar-refractivity contribution in [1.82, 2.24) is 24.6 Å². The number of hydrogen-bond donors (Lipinski definition) is 0. The third-order valence-electron chi connectivity index (χ3n) is 4.04. The van der Waals surface area contributed by atoms with Crippen molar-refractivity contribution >= 4 is 21.6 Å². The quantitative estimate of drug-likeness (QED) is 0.743. The first-order valence-electron chi connectivity index (χ1n) is 7.29. The lowest BCUT2D eigenvalue weighted by atomic mass is 10.2. The van der Waals surface area contributed by atoms with Crippen molar-refractivity contribution in [2.45, 2.75) is 32.0 Å². The van der Waals surface area contributed by atoms with E-state index in [4.69, 9.17) is 4.98 Å². The molecule has 1 atom stereocenters. The second kappa shape index (κ2) is 5.54. The van der Waals surface area contributed by atoms with Gasteiger partial charge >= 0.3 is 0 Å². The first kappa shape index (κ1) is 12.9. The summed E-state index contributed by atoms with van der Waals surface area (Å²) in [6.45, 7) is 3.01. The molecular formula is C15H17N5S. The first-order chi connectivity index (χ1) is 10.4. The first-order valence-corrected chi connectivity index (χ1v) is 8.11. The zero-order valence-corrected chi connectivity index (χ0v) is 12.5. The predicted molar refractivity (Wildman–Crippen MR) is 83.1 cm³/mol. The monoisotopic (exact) mass is 299 g/mol. The van der Waals surface area contributed by atoms with Crippen LogP contribution in [0.15, 0.2) is 36.9 Å². The molecule has 4 rings (SSSR count). The topological polar surface area (TPSA) is 46.8 Å². The molecule has 1 fully saturated rings. The maximum atomic E-state index is 4.75. The smallest absolute Gasteiger partial charge is 0.137 e. The van der Waals surface area contributed by atoms with Crippen LogP contribution >= 0.6 is 11.3 Å². The van der Waals surface area contributed by atoms with Gasteiger partial charge in [0.2, 0.25) is 0 Å². The molecule has 0 unspecified atom stereocenters. The van der Waals surface area contributed by atoms with E-state index >= 15 is 0 Å². The Labute approximate surface area is 127 Å². The van der Waals surface area contributed by atoms with Crippen molar-refractivity contribution in [2.75, 3.05) is 6.54 Å². The number of para-hydroxylation sites is 1. The predicted octanol–water partition coefficient (Wildman–Crippen LogP) is 2.55. The van der Waals surface area contributed by atoms with Gasteiger partial charge in [-0.25, -0.2) is 9.97 Å². The lowest BCUT2D eigenvalue weighted by Gasteiger charge is -2.23. The zero-order valence-electron chi connectivity index (χ0n) is 11.7. The minimum absolute atomic E-state index is 0.540. The van der Waals surface area contributed by atoms with Crippen molar-refractivity contribution in [3.05, 3.63) is 41.9 Å². The summed E-state index contributed by atoms with van der Waals surface area (Å²) in [5.74, 6) is 0. The summed E-state index contributed by atoms with van der Waals surface area (Å²) in [6, 6.07) is 8.90. The Bertz CT molecular complexity index is 688. The van der Waals surface area contributed by atoms with Crippen LogP contribution < -0.4 is 0 Å². The van der Waals surface area contributed by atoms with Gasteiger partial charge < -0.3 is 0 Å². The van der Waals surface area contributed by atoms with E-state index in [1.165, 1.54) is 22.5 Å². The minimum atomic E-state index is 0.540. The molecule has 1 aliphatic heterocycles. The highest BCUT2D eigenvalue weighted by atomic mass is 32.1. The Morgan fingerprint density at radius 1 is 1.29 bits per heavy atom. The van der Waals surface area contributed by atoms with E-state index in [2.05, 4.69) is 39.2 Å². The molecule has 0 N–H and O–H groups in total. The number of aromatic nitrogens is 4. The van der Waals surface area contributed by atoms with E-state index in [0.29, 0.717) is 6.04 Å². The van der Waals surface area contributed by atoms with Crippen LogP contribution in [0.3, 0.4) is 0 Å². The van der Waals surface area contributed by atoms with Gasteiger partial charge in [-0.1, -0.05) is 12.1 Å². The molecule has 21 heavy (non-hydrogen) atoms. The molecule has 108 valence electrons. The average molecular weight is 299 g/mol. The Hall–Kier alpha value is -1.79. The van der Waals surface area contributed by atoms with Crippen LogP contribution in [-0.2, 0) is 13.1 Å². The van der Waals surface area contributed by atoms with E-state index in [0.717, 1.165) is 25.2 Å². The molecule has 1 aromatic carbocycles. The van der Waals surface area contributed by atoms with Crippen LogP contribution in [0.4, 0.5) is 0 Å². The largest absolute Gasteiger partial charge is 0.292 e. The highest BCUT2D eigenvalue weighted by molar-refractivity contribution is 7.18. The van der Waals surface area contributed by atoms with Gasteiger partial charge in [-0.05, 0) is 31.5 Å². The number of hydrogen-bond acceptors (Lipinski definition) is 5. The van der Waals surface area contributed by atoms with Crippen molar-refractivity contribution in [3.63, 3.8) is 0 Å². The Balaban J connectivity index is 1.49. The Morgan fingerprint density at radius 3 is 3.10 bits per heavy atom. The van der Waals surface area contributed by atoms with Gasteiger partial charge in [0.15, 0.2) is 0 Å². The molecule has 3 heterocycles. The third-order valence-corrected chi connectivity index (χ3v) is 5.06. The molecule has 6 heteroatoms. The fourth-order valence-electron chi connectivity index (χ4n) is 3.01. The van der Waals surface area contributed by atoms with Crippen molar-refractivity contribution in [2.24, 2.45) is 0 Å². The fourth-order valence-corrected chi connectivity index (χ4v) is 4.01. The number of thiazole rings is 1. The number of benzene rings is 1. The molecule has 0 radical (unpaired) electrons. The molecule has 5 nitrogen and oxygen atoms in total. The van der Waals surface area contributed by atoms with E-state index in [-0.39, 0.29) is 0 Å². The van der Waals surface area contributed by atoms with E-state index < -0.39 is 0 Å². The minimum Gasteiger partial charge on any atom is -0.292 e. The van der Waals surface area contributed by atoms with Crippen molar-refractivity contribution < 1.29 is 0 Å². The summed E-state index contributed by atoms with van der Waals surface area (Å²) in [7, 11) is 0. The fraction of sp³-hybridized carbons (Fsp3) is 0.400. The van der Waals surface area contributed by atoms with Gasteiger partial charge in [-0.2, -0.15) is 5.10 Å². The van der Waals surface area contributed by atoms with Crippen molar-refractivity contribution in [3.8, 4) is 0 Å². The third kappa shape index (κ3) is 2.69. The van der Waals surface area contributed by atoms with Gasteiger partial charge in [-0.15, -0.1) is 11.3 Å². The van der Waals surface area contributed by atoms with Crippen LogP contribution in [0.25, 0.3) is 10.2 Å². The summed E-state index contributed by atoms with van der Waals surface area (Å²) in [6.07, 6.45) is 5.88. The SMILES string of the molecule is c1ccc2sc(CN3CCC[C@@H]3Cn3cncn3)nc2c1. The maximum absolute atomic E-state index is 4.75. The van der Waals surface area contributed by atoms with Crippen LogP contribution in [0.2, 0.25) is 0 Å². The highest BCUT2D eigenvalue weighted by Gasteiger charge is 2.25. The van der Waals surface area contributed by atoms with Gasteiger partial charge in [0.1, 0.15) is 17.7 Å². The Kier molecular flexibility index (Phi) is 3.40. The van der Waals surface area contributed by atoms with Crippen LogP contribution in [0.1, 0.15) is 17.8 Å². The Morgan fingerprint density at radius 2 is 2.24 bits per heavy atom. The van der Waals surface area contributed by atoms with Gasteiger partial charge in [0.05, 0.1) is 23.3 Å². The second-order valence-corrected chi connectivity index (χ2v) is 6.57. The van der Waals surface area contributed by atoms with Crippen LogP contribution in [0, 0.1) is 0 Å². The standard InChI is InChI=1S/C15H17N5S/c1-2-6-14-13(5-1)18-15(21-14)9-19-7-3-4-12(19)8-20-11-16-10-17-20/h1-2,5-6,10-12H,3-4,7-9H2/t12-/m1/s1. The van der Waals surface area contributed by atoms with Crippen molar-refractivity contribution in [1.29, 1.82) is 0 Å². The molecule has 1 saturated heterocycles.